The first-order valence-corrected chi connectivity index (χ1v) is 10.2. The molecule has 2 unspecified atom stereocenters. The van der Waals surface area contributed by atoms with E-state index in [4.69, 9.17) is 24.1 Å². The molecule has 3 atom stereocenters. The topological polar surface area (TPSA) is 107 Å². The first kappa shape index (κ1) is 22.9. The number of allylic oxidation sites excluding steroid dienone is 1. The van der Waals surface area contributed by atoms with Gasteiger partial charge in [0.25, 0.3) is 0 Å². The molecule has 170 valence electrons. The molecule has 2 N–H and O–H groups in total. The van der Waals surface area contributed by atoms with E-state index in [0.717, 1.165) is 18.5 Å². The summed E-state index contributed by atoms with van der Waals surface area (Å²) in [4.78, 5) is 25.7. The van der Waals surface area contributed by atoms with Gasteiger partial charge in [0.2, 0.25) is 0 Å². The number of alkyl carbamates (subject to hydrolysis) is 1. The third-order valence-electron chi connectivity index (χ3n) is 6.27. The SMILES string of the molecule is COC[C@@H](NC(=O)OC1=CCC2(c3ccc(OC)c(OC)c3)CCN(C)C2C1)C(=O)O. The monoisotopic (exact) mass is 434 g/mol. The zero-order valence-electron chi connectivity index (χ0n) is 18.3. The molecule has 0 saturated carbocycles. The highest BCUT2D eigenvalue weighted by Gasteiger charge is 2.49. The zero-order chi connectivity index (χ0) is 22.6. The molecule has 1 aromatic rings. The summed E-state index contributed by atoms with van der Waals surface area (Å²) in [5, 5.41) is 11.5. The number of likely N-dealkylation sites (N-methyl/N-ethyl adjacent to an activating group) is 1. The maximum Gasteiger partial charge on any atom is 0.413 e. The number of nitrogens with one attached hydrogen (secondary N) is 1. The molecule has 0 spiro atoms. The van der Waals surface area contributed by atoms with Crippen LogP contribution in [0.5, 0.6) is 11.5 Å². The fourth-order valence-electron chi connectivity index (χ4n) is 4.60. The Bertz CT molecular complexity index is 856. The van der Waals surface area contributed by atoms with Gasteiger partial charge < -0.3 is 34.3 Å². The molecular formula is C22H30N2O7. The lowest BCUT2D eigenvalue weighted by molar-refractivity contribution is -0.140. The number of likely N-dealkylation sites (tertiary alicyclic amines) is 1. The molecule has 1 aliphatic carbocycles. The molecule has 0 aromatic heterocycles. The highest BCUT2D eigenvalue weighted by Crippen LogP contribution is 2.49. The fraction of sp³-hybridized carbons (Fsp3) is 0.545. The molecule has 31 heavy (non-hydrogen) atoms. The van der Waals surface area contributed by atoms with E-state index in [1.807, 2.05) is 18.2 Å². The Labute approximate surface area is 181 Å². The van der Waals surface area contributed by atoms with Gasteiger partial charge in [0.05, 0.1) is 20.8 Å². The van der Waals surface area contributed by atoms with Gasteiger partial charge in [-0.2, -0.15) is 0 Å². The summed E-state index contributed by atoms with van der Waals surface area (Å²) < 4.78 is 21.2. The van der Waals surface area contributed by atoms with Crippen LogP contribution in [-0.4, -0.2) is 75.7 Å². The molecule has 2 aliphatic rings. The van der Waals surface area contributed by atoms with Gasteiger partial charge in [0, 0.05) is 25.0 Å². The zero-order valence-corrected chi connectivity index (χ0v) is 18.3. The Balaban J connectivity index is 1.79. The van der Waals surface area contributed by atoms with Crippen LogP contribution < -0.4 is 14.8 Å². The summed E-state index contributed by atoms with van der Waals surface area (Å²) in [5.74, 6) is 0.723. The van der Waals surface area contributed by atoms with Crippen molar-refractivity contribution < 1.29 is 33.6 Å². The smallest absolute Gasteiger partial charge is 0.413 e. The number of carbonyl (C=O) groups is 2. The van der Waals surface area contributed by atoms with Crippen molar-refractivity contribution in [3.63, 3.8) is 0 Å². The molecule has 9 nitrogen and oxygen atoms in total. The lowest BCUT2D eigenvalue weighted by Gasteiger charge is -2.40. The summed E-state index contributed by atoms with van der Waals surface area (Å²) in [7, 11) is 6.67. The van der Waals surface area contributed by atoms with Crippen LogP contribution in [0.3, 0.4) is 0 Å². The number of methoxy groups -OCH3 is 3. The van der Waals surface area contributed by atoms with Crippen molar-refractivity contribution >= 4 is 12.1 Å². The normalized spacial score (nSPS) is 24.0. The minimum atomic E-state index is -1.18. The third-order valence-corrected chi connectivity index (χ3v) is 6.27. The highest BCUT2D eigenvalue weighted by molar-refractivity contribution is 5.80. The predicted octanol–water partition coefficient (Wildman–Crippen LogP) is 2.15. The van der Waals surface area contributed by atoms with Gasteiger partial charge in [-0.25, -0.2) is 9.59 Å². The van der Waals surface area contributed by atoms with Crippen LogP contribution in [-0.2, 0) is 19.7 Å². The second-order valence-corrected chi connectivity index (χ2v) is 7.93. The summed E-state index contributed by atoms with van der Waals surface area (Å²) in [6, 6.07) is 4.99. The molecule has 1 aromatic carbocycles. The molecule has 0 radical (unpaired) electrons. The van der Waals surface area contributed by atoms with Gasteiger partial charge in [0.1, 0.15) is 5.76 Å². The third kappa shape index (κ3) is 4.62. The molecule has 0 bridgehead atoms. The molecule has 3 rings (SSSR count). The van der Waals surface area contributed by atoms with E-state index in [1.165, 1.54) is 7.11 Å². The predicted molar refractivity (Wildman–Crippen MR) is 112 cm³/mol. The van der Waals surface area contributed by atoms with Crippen LogP contribution in [0, 0.1) is 0 Å². The van der Waals surface area contributed by atoms with Crippen molar-refractivity contribution in [1.82, 2.24) is 10.2 Å². The molecule has 1 heterocycles. The second-order valence-electron chi connectivity index (χ2n) is 7.93. The van der Waals surface area contributed by atoms with Gasteiger partial charge in [-0.3, -0.25) is 0 Å². The number of hydrogen-bond donors (Lipinski definition) is 2. The number of carboxylic acid groups (broad SMARTS) is 1. The van der Waals surface area contributed by atoms with Gasteiger partial charge >= 0.3 is 12.1 Å². The number of ether oxygens (including phenoxy) is 4. The first-order valence-electron chi connectivity index (χ1n) is 10.2. The lowest BCUT2D eigenvalue weighted by atomic mass is 9.68. The lowest BCUT2D eigenvalue weighted by Crippen LogP contribution is -2.46. The van der Waals surface area contributed by atoms with E-state index in [9.17, 15) is 9.59 Å². The number of carboxylic acids is 1. The van der Waals surface area contributed by atoms with Crippen molar-refractivity contribution in [2.24, 2.45) is 0 Å². The average Bonchev–Trinajstić information content (AvgIpc) is 3.10. The Morgan fingerprint density at radius 2 is 2.00 bits per heavy atom. The van der Waals surface area contributed by atoms with E-state index >= 15 is 0 Å². The van der Waals surface area contributed by atoms with Crippen molar-refractivity contribution in [2.45, 2.75) is 36.8 Å². The first-order chi connectivity index (χ1) is 14.8. The summed E-state index contributed by atoms with van der Waals surface area (Å²) in [6.45, 7) is 0.776. The van der Waals surface area contributed by atoms with Crippen molar-refractivity contribution in [3.8, 4) is 11.5 Å². The standard InChI is InChI=1S/C22H30N2O7/c1-24-10-9-22(14-5-6-17(29-3)18(11-14)30-4)8-7-15(12-19(22)24)31-21(27)23-16(13-28-2)20(25)26/h5-7,11,16,19H,8-10,12-13H2,1-4H3,(H,23,27)(H,25,26)/t16-,19?,22?/m1/s1. The Kier molecular flexibility index (Phi) is 7.07. The van der Waals surface area contributed by atoms with Crippen LogP contribution >= 0.6 is 0 Å². The van der Waals surface area contributed by atoms with Gasteiger partial charge in [-0.1, -0.05) is 6.07 Å². The van der Waals surface area contributed by atoms with Crippen LogP contribution in [0.1, 0.15) is 24.8 Å². The van der Waals surface area contributed by atoms with E-state index in [0.29, 0.717) is 30.1 Å². The molecule has 1 saturated heterocycles. The van der Waals surface area contributed by atoms with Crippen LogP contribution in [0.2, 0.25) is 0 Å². The molecule has 1 aliphatic heterocycles. The molecule has 1 fully saturated rings. The van der Waals surface area contributed by atoms with Crippen molar-refractivity contribution in [3.05, 3.63) is 35.6 Å². The fourth-order valence-corrected chi connectivity index (χ4v) is 4.60. The second kappa shape index (κ2) is 9.57. The number of benzene rings is 1. The Morgan fingerprint density at radius 3 is 2.65 bits per heavy atom. The summed E-state index contributed by atoms with van der Waals surface area (Å²) in [5.41, 5.74) is 1.03. The molecule has 1 amide bonds. The number of amides is 1. The van der Waals surface area contributed by atoms with Crippen LogP contribution in [0.15, 0.2) is 30.0 Å². The Hall–Kier alpha value is -2.78. The van der Waals surface area contributed by atoms with Gasteiger partial charge in [-0.05, 0) is 50.2 Å². The Morgan fingerprint density at radius 1 is 1.26 bits per heavy atom. The van der Waals surface area contributed by atoms with E-state index in [-0.39, 0.29) is 18.1 Å². The van der Waals surface area contributed by atoms with E-state index < -0.39 is 18.1 Å². The summed E-state index contributed by atoms with van der Waals surface area (Å²) in [6.07, 6.45) is 3.34. The van der Waals surface area contributed by atoms with Crippen molar-refractivity contribution in [1.29, 1.82) is 0 Å². The maximum absolute atomic E-state index is 12.2. The maximum atomic E-state index is 12.2. The van der Waals surface area contributed by atoms with Crippen LogP contribution in [0.25, 0.3) is 0 Å². The van der Waals surface area contributed by atoms with Crippen LogP contribution in [0.4, 0.5) is 4.79 Å². The quantitative estimate of drug-likeness (QED) is 0.641. The number of fused-ring (bicyclic) bond motifs is 1. The minimum absolute atomic E-state index is 0.128. The number of nitrogens with zero attached hydrogens (tertiary/aromatic N) is 1. The number of aliphatic carboxylic acids is 1. The number of rotatable bonds is 8. The highest BCUT2D eigenvalue weighted by atomic mass is 16.6. The van der Waals surface area contributed by atoms with Gasteiger partial charge in [0.15, 0.2) is 17.5 Å². The minimum Gasteiger partial charge on any atom is -0.493 e. The van der Waals surface area contributed by atoms with Gasteiger partial charge in [-0.15, -0.1) is 0 Å². The van der Waals surface area contributed by atoms with Crippen molar-refractivity contribution in [2.75, 3.05) is 41.5 Å². The number of hydrogen-bond acceptors (Lipinski definition) is 7. The molecule has 9 heteroatoms. The average molecular weight is 434 g/mol. The summed E-state index contributed by atoms with van der Waals surface area (Å²) >= 11 is 0. The largest absolute Gasteiger partial charge is 0.493 e. The van der Waals surface area contributed by atoms with E-state index in [1.54, 1.807) is 14.2 Å². The van der Waals surface area contributed by atoms with E-state index in [2.05, 4.69) is 23.3 Å². The number of carbonyl (C=O) groups excluding carboxylic acids is 1. The molecular weight excluding hydrogens is 404 g/mol.